The summed E-state index contributed by atoms with van der Waals surface area (Å²) < 4.78 is 27.8. The van der Waals surface area contributed by atoms with Gasteiger partial charge in [-0.1, -0.05) is 12.1 Å². The number of carbonyl (C=O) groups is 1. The highest BCUT2D eigenvalue weighted by molar-refractivity contribution is 8.21. The van der Waals surface area contributed by atoms with Crippen LogP contribution in [0.2, 0.25) is 0 Å². The molecule has 2 rings (SSSR count). The molecule has 5 nitrogen and oxygen atoms in total. The maximum Gasteiger partial charge on any atom is 0.168 e. The number of hydrogen-bond acceptors (Lipinski definition) is 7. The average Bonchev–Trinajstić information content (AvgIpc) is 2.73. The number of carbonyl (C=O) groups excluding carboxylic acids is 1. The Labute approximate surface area is 171 Å². The molecule has 1 aromatic heterocycles. The fourth-order valence-corrected chi connectivity index (χ4v) is 3.88. The van der Waals surface area contributed by atoms with Gasteiger partial charge in [-0.05, 0) is 38.0 Å². The van der Waals surface area contributed by atoms with Crippen LogP contribution in [0.15, 0.2) is 57.5 Å². The van der Waals surface area contributed by atoms with E-state index in [-0.39, 0.29) is 17.9 Å². The van der Waals surface area contributed by atoms with Crippen molar-refractivity contribution in [1.82, 2.24) is 10.3 Å². The molecule has 0 saturated heterocycles. The minimum atomic E-state index is -0.576. The highest BCUT2D eigenvalue weighted by atomic mass is 32.2. The van der Waals surface area contributed by atoms with Gasteiger partial charge in [-0.25, -0.2) is 8.78 Å². The summed E-state index contributed by atoms with van der Waals surface area (Å²) in [5, 5.41) is 12.2. The zero-order valence-electron chi connectivity index (χ0n) is 15.3. The molecule has 150 valence electrons. The molecule has 0 aliphatic heterocycles. The molecule has 0 atom stereocenters. The van der Waals surface area contributed by atoms with Gasteiger partial charge in [-0.2, -0.15) is 0 Å². The lowest BCUT2D eigenvalue weighted by atomic mass is 10.2. The van der Waals surface area contributed by atoms with Crippen molar-refractivity contribution in [1.29, 1.82) is 0 Å². The maximum atomic E-state index is 13.5. The number of benzene rings is 1. The molecule has 2 N–H and O–H groups in total. The van der Waals surface area contributed by atoms with E-state index >= 15 is 0 Å². The van der Waals surface area contributed by atoms with Crippen molar-refractivity contribution >= 4 is 36.5 Å². The first-order valence-corrected chi connectivity index (χ1v) is 10.0. The van der Waals surface area contributed by atoms with E-state index in [0.717, 1.165) is 6.29 Å². The number of aliphatic imine (C=N–C) groups is 1. The van der Waals surface area contributed by atoms with Crippen LogP contribution in [0.4, 0.5) is 8.78 Å². The molecule has 0 aliphatic carbocycles. The van der Waals surface area contributed by atoms with Crippen molar-refractivity contribution in [2.45, 2.75) is 5.75 Å². The molecule has 0 fully saturated rings. The lowest BCUT2D eigenvalue weighted by molar-refractivity contribution is 0.111. The van der Waals surface area contributed by atoms with Gasteiger partial charge in [0, 0.05) is 23.4 Å². The summed E-state index contributed by atoms with van der Waals surface area (Å²) in [5.74, 6) is -0.426. The van der Waals surface area contributed by atoms with Gasteiger partial charge in [-0.3, -0.25) is 14.8 Å². The highest BCUT2D eigenvalue weighted by Gasteiger charge is 2.12. The number of rotatable bonds is 9. The monoisotopic (exact) mass is 425 g/mol. The first kappa shape index (κ1) is 24.0. The molecule has 0 bridgehead atoms. The van der Waals surface area contributed by atoms with E-state index in [4.69, 9.17) is 0 Å². The van der Waals surface area contributed by atoms with Gasteiger partial charge >= 0.3 is 0 Å². The number of halogens is 2. The minimum absolute atomic E-state index is 0.0152. The Bertz CT molecular complexity index is 770. The topological polar surface area (TPSA) is 74.6 Å². The lowest BCUT2D eigenvalue weighted by Gasteiger charge is -2.10. The second-order valence-corrected chi connectivity index (χ2v) is 7.28. The predicted molar refractivity (Wildman–Crippen MR) is 112 cm³/mol. The highest BCUT2D eigenvalue weighted by Crippen LogP contribution is 2.34. The number of aliphatic hydroxyl groups excluding tert-OH is 1. The maximum absolute atomic E-state index is 13.5. The van der Waals surface area contributed by atoms with Crippen LogP contribution >= 0.6 is 23.5 Å². The Kier molecular flexibility index (Phi) is 12.0. The number of pyridine rings is 1. The zero-order valence-corrected chi connectivity index (χ0v) is 16.9. The molecular weight excluding hydrogens is 404 g/mol. The summed E-state index contributed by atoms with van der Waals surface area (Å²) in [6.07, 6.45) is 2.31. The van der Waals surface area contributed by atoms with Gasteiger partial charge in [0.25, 0.3) is 0 Å². The second-order valence-electron chi connectivity index (χ2n) is 5.05. The second kappa shape index (κ2) is 14.0. The standard InChI is InChI=1S/C13H16F2N2OS2.C6H5NO/c1-16-8-20-13(12(6-18)17-2)19-7-9-10(14)4-3-5-11(9)15;8-5-6-3-1-2-4-7-6/h3-5,16,18H,2,6-8H2,1H3;1-5H/b13-12-;. The van der Waals surface area contributed by atoms with Crippen molar-refractivity contribution in [2.24, 2.45) is 4.99 Å². The fourth-order valence-electron chi connectivity index (χ4n) is 1.78. The Hall–Kier alpha value is -2.07. The molecule has 2 aromatic rings. The van der Waals surface area contributed by atoms with E-state index < -0.39 is 11.6 Å². The number of hydrogen-bond donors (Lipinski definition) is 2. The first-order valence-electron chi connectivity index (χ1n) is 8.07. The predicted octanol–water partition coefficient (Wildman–Crippen LogP) is 3.86. The molecule has 0 unspecified atom stereocenters. The summed E-state index contributed by atoms with van der Waals surface area (Å²) in [6, 6.07) is 8.98. The van der Waals surface area contributed by atoms with Crippen LogP contribution in [0.5, 0.6) is 0 Å². The number of nitrogens with zero attached hydrogens (tertiary/aromatic N) is 2. The average molecular weight is 426 g/mol. The van der Waals surface area contributed by atoms with E-state index in [1.807, 2.05) is 0 Å². The van der Waals surface area contributed by atoms with Crippen LogP contribution in [0, 0.1) is 11.6 Å². The van der Waals surface area contributed by atoms with Crippen LogP contribution in [0.3, 0.4) is 0 Å². The number of aldehydes is 1. The van der Waals surface area contributed by atoms with Gasteiger partial charge in [0.15, 0.2) is 6.29 Å². The van der Waals surface area contributed by atoms with Crippen molar-refractivity contribution in [3.8, 4) is 0 Å². The number of nitrogens with one attached hydrogen (secondary N) is 1. The van der Waals surface area contributed by atoms with E-state index in [1.54, 1.807) is 31.4 Å². The summed E-state index contributed by atoms with van der Waals surface area (Å²) in [4.78, 5) is 17.4. The van der Waals surface area contributed by atoms with Crippen molar-refractivity contribution in [3.63, 3.8) is 0 Å². The van der Waals surface area contributed by atoms with Crippen LogP contribution in [-0.2, 0) is 5.75 Å². The molecule has 0 spiro atoms. The summed E-state index contributed by atoms with van der Waals surface area (Å²) in [5.41, 5.74) is 0.904. The SMILES string of the molecule is C=N/C(CO)=C(\SCNC)SCc1c(F)cccc1F.O=Cc1ccccn1. The first-order chi connectivity index (χ1) is 13.6. The molecule has 1 heterocycles. The van der Waals surface area contributed by atoms with E-state index in [1.165, 1.54) is 41.7 Å². The Balaban J connectivity index is 0.000000406. The smallest absolute Gasteiger partial charge is 0.168 e. The normalized spacial score (nSPS) is 11.1. The molecule has 0 amide bonds. The molecular formula is C19H21F2N3O2S2. The van der Waals surface area contributed by atoms with E-state index in [0.29, 0.717) is 21.5 Å². The van der Waals surface area contributed by atoms with Crippen LogP contribution < -0.4 is 5.32 Å². The van der Waals surface area contributed by atoms with Crippen molar-refractivity contribution in [3.05, 3.63) is 75.4 Å². The fraction of sp³-hybridized carbons (Fsp3) is 0.211. The molecule has 0 radical (unpaired) electrons. The quantitative estimate of drug-likeness (QED) is 0.361. The molecule has 28 heavy (non-hydrogen) atoms. The Morgan fingerprint density at radius 3 is 2.43 bits per heavy atom. The molecule has 0 saturated carbocycles. The Morgan fingerprint density at radius 2 is 1.96 bits per heavy atom. The summed E-state index contributed by atoms with van der Waals surface area (Å²) >= 11 is 2.63. The molecule has 1 aromatic carbocycles. The molecule has 9 heteroatoms. The zero-order chi connectivity index (χ0) is 20.8. The third-order valence-electron chi connectivity index (χ3n) is 3.14. The van der Waals surface area contributed by atoms with Crippen LogP contribution in [0.25, 0.3) is 0 Å². The molecule has 0 aliphatic rings. The van der Waals surface area contributed by atoms with Gasteiger partial charge in [0.1, 0.15) is 17.3 Å². The number of aliphatic hydroxyl groups is 1. The van der Waals surface area contributed by atoms with Gasteiger partial charge in [-0.15, -0.1) is 23.5 Å². The number of aromatic nitrogens is 1. The van der Waals surface area contributed by atoms with Gasteiger partial charge in [0.05, 0.1) is 16.5 Å². The van der Waals surface area contributed by atoms with Gasteiger partial charge < -0.3 is 10.4 Å². The number of thioether (sulfide) groups is 2. The van der Waals surface area contributed by atoms with Crippen LogP contribution in [0.1, 0.15) is 16.1 Å². The van der Waals surface area contributed by atoms with Crippen molar-refractivity contribution < 1.29 is 18.7 Å². The minimum Gasteiger partial charge on any atom is -0.390 e. The largest absolute Gasteiger partial charge is 0.390 e. The van der Waals surface area contributed by atoms with E-state index in [2.05, 4.69) is 22.0 Å². The lowest BCUT2D eigenvalue weighted by Crippen LogP contribution is -2.04. The van der Waals surface area contributed by atoms with Crippen LogP contribution in [-0.4, -0.2) is 42.6 Å². The third kappa shape index (κ3) is 8.30. The third-order valence-corrected chi connectivity index (χ3v) is 5.71. The summed E-state index contributed by atoms with van der Waals surface area (Å²) in [7, 11) is 1.78. The Morgan fingerprint density at radius 1 is 1.25 bits per heavy atom. The van der Waals surface area contributed by atoms with E-state index in [9.17, 15) is 18.7 Å². The van der Waals surface area contributed by atoms with Gasteiger partial charge in [0.2, 0.25) is 0 Å². The van der Waals surface area contributed by atoms with Crippen molar-refractivity contribution in [2.75, 3.05) is 19.5 Å². The summed E-state index contributed by atoms with van der Waals surface area (Å²) in [6.45, 7) is 3.13.